The molecule has 7 nitrogen and oxygen atoms in total. The summed E-state index contributed by atoms with van der Waals surface area (Å²) in [6, 6.07) is 5.59. The summed E-state index contributed by atoms with van der Waals surface area (Å²) in [6.45, 7) is 5.14. The van der Waals surface area contributed by atoms with Crippen molar-refractivity contribution in [2.24, 2.45) is 5.41 Å². The molecule has 1 atom stereocenters. The number of halogens is 3. The molecule has 1 aromatic carbocycles. The number of hydrogen-bond acceptors (Lipinski definition) is 4. The summed E-state index contributed by atoms with van der Waals surface area (Å²) in [7, 11) is 0. The number of nitro groups is 1. The molecule has 0 spiro atoms. The molecule has 1 amide bonds. The van der Waals surface area contributed by atoms with Gasteiger partial charge in [-0.25, -0.2) is 0 Å². The van der Waals surface area contributed by atoms with Crippen molar-refractivity contribution in [2.75, 3.05) is 5.32 Å². The largest absolute Gasteiger partial charge is 0.339 e. The molecule has 0 aromatic heterocycles. The number of alkyl halides is 3. The van der Waals surface area contributed by atoms with E-state index in [9.17, 15) is 14.9 Å². The van der Waals surface area contributed by atoms with Crippen molar-refractivity contribution in [2.45, 2.75) is 30.7 Å². The number of nitro benzene ring substituents is 1. The minimum atomic E-state index is -1.86. The van der Waals surface area contributed by atoms with Gasteiger partial charge in [0.15, 0.2) is 5.11 Å². The maximum Gasteiger partial charge on any atom is 0.269 e. The standard InChI is InChI=1S/C14H17Cl3N4O3S/c1-13(2,3)11(22)19-10(14(15,16)17)20-12(25)18-8-4-6-9(7-5-8)21(23)24/h4-7,10H,1-3H3,(H,19,22)(H2,18,20,25)/t10-/m0/s1. The van der Waals surface area contributed by atoms with Gasteiger partial charge in [0, 0.05) is 23.2 Å². The number of nitrogens with zero attached hydrogens (tertiary/aromatic N) is 1. The van der Waals surface area contributed by atoms with Crippen molar-refractivity contribution >= 4 is 69.4 Å². The molecular weight excluding hydrogens is 411 g/mol. The Morgan fingerprint density at radius 2 is 1.68 bits per heavy atom. The summed E-state index contributed by atoms with van der Waals surface area (Å²) in [5.41, 5.74) is -0.252. The molecular formula is C14H17Cl3N4O3S. The summed E-state index contributed by atoms with van der Waals surface area (Å²) in [5.74, 6) is -0.338. The number of rotatable bonds is 4. The van der Waals surface area contributed by atoms with Gasteiger partial charge < -0.3 is 16.0 Å². The van der Waals surface area contributed by atoms with Gasteiger partial charge in [0.25, 0.3) is 5.69 Å². The Balaban J connectivity index is 2.78. The van der Waals surface area contributed by atoms with E-state index >= 15 is 0 Å². The minimum Gasteiger partial charge on any atom is -0.339 e. The zero-order chi connectivity index (χ0) is 19.4. The average molecular weight is 428 g/mol. The van der Waals surface area contributed by atoms with E-state index in [0.29, 0.717) is 5.69 Å². The number of non-ortho nitro benzene ring substituents is 1. The van der Waals surface area contributed by atoms with E-state index in [4.69, 9.17) is 47.0 Å². The monoisotopic (exact) mass is 426 g/mol. The van der Waals surface area contributed by atoms with Gasteiger partial charge in [-0.1, -0.05) is 55.6 Å². The van der Waals surface area contributed by atoms with Gasteiger partial charge >= 0.3 is 0 Å². The Hall–Kier alpha value is -1.35. The smallest absolute Gasteiger partial charge is 0.269 e. The molecule has 0 radical (unpaired) electrons. The summed E-state index contributed by atoms with van der Waals surface area (Å²) in [4.78, 5) is 22.2. The van der Waals surface area contributed by atoms with Crippen LogP contribution in [0, 0.1) is 15.5 Å². The molecule has 0 bridgehead atoms. The first-order valence-corrected chi connectivity index (χ1v) is 8.54. The molecule has 0 saturated carbocycles. The predicted molar refractivity (Wildman–Crippen MR) is 104 cm³/mol. The van der Waals surface area contributed by atoms with Gasteiger partial charge in [-0.05, 0) is 24.4 Å². The summed E-state index contributed by atoms with van der Waals surface area (Å²) in [5, 5.41) is 18.8. The van der Waals surface area contributed by atoms with Crippen LogP contribution in [0.25, 0.3) is 0 Å². The Kier molecular flexibility index (Phi) is 7.25. The fraction of sp³-hybridized carbons (Fsp3) is 0.429. The number of thiocarbonyl (C=S) groups is 1. The van der Waals surface area contributed by atoms with Crippen LogP contribution >= 0.6 is 47.0 Å². The first-order valence-electron chi connectivity index (χ1n) is 7.00. The van der Waals surface area contributed by atoms with Gasteiger partial charge in [-0.2, -0.15) is 0 Å². The van der Waals surface area contributed by atoms with Gasteiger partial charge in [-0.3, -0.25) is 14.9 Å². The predicted octanol–water partition coefficient (Wildman–Crippen LogP) is 3.74. The highest BCUT2D eigenvalue weighted by molar-refractivity contribution is 7.80. The van der Waals surface area contributed by atoms with Gasteiger partial charge in [-0.15, -0.1) is 0 Å². The highest BCUT2D eigenvalue weighted by atomic mass is 35.6. The molecule has 1 rings (SSSR count). The number of amides is 1. The zero-order valence-corrected chi connectivity index (χ0v) is 16.7. The maximum atomic E-state index is 12.1. The van der Waals surface area contributed by atoms with Gasteiger partial charge in [0.2, 0.25) is 9.70 Å². The molecule has 0 aliphatic carbocycles. The lowest BCUT2D eigenvalue weighted by atomic mass is 9.95. The lowest BCUT2D eigenvalue weighted by molar-refractivity contribution is -0.384. The molecule has 0 fully saturated rings. The fourth-order valence-electron chi connectivity index (χ4n) is 1.51. The molecule has 138 valence electrons. The molecule has 0 heterocycles. The number of carbonyl (C=O) groups is 1. The Bertz CT molecular complexity index is 657. The zero-order valence-electron chi connectivity index (χ0n) is 13.6. The average Bonchev–Trinajstić information content (AvgIpc) is 2.44. The summed E-state index contributed by atoms with van der Waals surface area (Å²) in [6.07, 6.45) is -1.08. The number of benzene rings is 1. The van der Waals surface area contributed by atoms with Crippen molar-refractivity contribution in [3.8, 4) is 0 Å². The normalized spacial score (nSPS) is 12.9. The number of carbonyl (C=O) groups excluding carboxylic acids is 1. The van der Waals surface area contributed by atoms with Crippen LogP contribution in [0.3, 0.4) is 0 Å². The van der Waals surface area contributed by atoms with E-state index in [1.165, 1.54) is 24.3 Å². The maximum absolute atomic E-state index is 12.1. The van der Waals surface area contributed by atoms with E-state index in [-0.39, 0.29) is 16.7 Å². The molecule has 25 heavy (non-hydrogen) atoms. The SMILES string of the molecule is CC(C)(C)C(=O)N[C@@H](NC(=S)Nc1ccc([N+](=O)[O-])cc1)C(Cl)(Cl)Cl. The Labute approximate surface area is 165 Å². The lowest BCUT2D eigenvalue weighted by Gasteiger charge is -2.30. The van der Waals surface area contributed by atoms with E-state index in [0.717, 1.165) is 0 Å². The van der Waals surface area contributed by atoms with Crippen LogP contribution in [-0.4, -0.2) is 25.9 Å². The third-order valence-corrected chi connectivity index (χ3v) is 3.77. The topological polar surface area (TPSA) is 96.3 Å². The summed E-state index contributed by atoms with van der Waals surface area (Å²) < 4.78 is -1.86. The summed E-state index contributed by atoms with van der Waals surface area (Å²) >= 11 is 22.8. The van der Waals surface area contributed by atoms with Crippen molar-refractivity contribution in [3.05, 3.63) is 34.4 Å². The van der Waals surface area contributed by atoms with Crippen molar-refractivity contribution in [3.63, 3.8) is 0 Å². The molecule has 0 aliphatic rings. The van der Waals surface area contributed by atoms with Crippen LogP contribution in [0.4, 0.5) is 11.4 Å². The van der Waals surface area contributed by atoms with Gasteiger partial charge in [0.05, 0.1) is 4.92 Å². The van der Waals surface area contributed by atoms with Crippen LogP contribution in [0.1, 0.15) is 20.8 Å². The second kappa shape index (κ2) is 8.35. The van der Waals surface area contributed by atoms with Crippen LogP contribution < -0.4 is 16.0 Å². The second-order valence-corrected chi connectivity index (χ2v) is 8.88. The van der Waals surface area contributed by atoms with E-state index in [2.05, 4.69) is 16.0 Å². The molecule has 1 aromatic rings. The molecule has 0 unspecified atom stereocenters. The van der Waals surface area contributed by atoms with E-state index < -0.39 is 20.3 Å². The Morgan fingerprint density at radius 1 is 1.16 bits per heavy atom. The molecule has 3 N–H and O–H groups in total. The Morgan fingerprint density at radius 3 is 2.08 bits per heavy atom. The molecule has 0 saturated heterocycles. The molecule has 11 heteroatoms. The fourth-order valence-corrected chi connectivity index (χ4v) is 2.08. The van der Waals surface area contributed by atoms with E-state index in [1.54, 1.807) is 20.8 Å². The first kappa shape index (κ1) is 21.7. The molecule has 0 aliphatic heterocycles. The van der Waals surface area contributed by atoms with Gasteiger partial charge in [0.1, 0.15) is 6.17 Å². The van der Waals surface area contributed by atoms with Crippen molar-refractivity contribution in [1.82, 2.24) is 10.6 Å². The van der Waals surface area contributed by atoms with Crippen molar-refractivity contribution in [1.29, 1.82) is 0 Å². The highest BCUT2D eigenvalue weighted by Gasteiger charge is 2.36. The number of anilines is 1. The van der Waals surface area contributed by atoms with Crippen LogP contribution in [-0.2, 0) is 4.79 Å². The third kappa shape index (κ3) is 7.19. The number of nitrogens with one attached hydrogen (secondary N) is 3. The quantitative estimate of drug-likeness (QED) is 0.223. The second-order valence-electron chi connectivity index (χ2n) is 6.10. The number of hydrogen-bond donors (Lipinski definition) is 3. The lowest BCUT2D eigenvalue weighted by Crippen LogP contribution is -2.58. The van der Waals surface area contributed by atoms with Crippen LogP contribution in [0.15, 0.2) is 24.3 Å². The first-order chi connectivity index (χ1) is 11.3. The van der Waals surface area contributed by atoms with Crippen molar-refractivity contribution < 1.29 is 9.72 Å². The van der Waals surface area contributed by atoms with Crippen LogP contribution in [0.5, 0.6) is 0 Å². The minimum absolute atomic E-state index is 0.0546. The van der Waals surface area contributed by atoms with Crippen LogP contribution in [0.2, 0.25) is 0 Å². The highest BCUT2D eigenvalue weighted by Crippen LogP contribution is 2.30. The van der Waals surface area contributed by atoms with E-state index in [1.807, 2.05) is 0 Å². The third-order valence-electron chi connectivity index (χ3n) is 2.90.